The van der Waals surface area contributed by atoms with Crippen LogP contribution in [0.3, 0.4) is 0 Å². The van der Waals surface area contributed by atoms with Crippen molar-refractivity contribution in [2.45, 2.75) is 13.0 Å². The van der Waals surface area contributed by atoms with Gasteiger partial charge in [-0.1, -0.05) is 42.5 Å². The van der Waals surface area contributed by atoms with Crippen LogP contribution >= 0.6 is 0 Å². The Kier molecular flexibility index (Phi) is 5.05. The Labute approximate surface area is 149 Å². The van der Waals surface area contributed by atoms with Crippen molar-refractivity contribution >= 4 is 10.8 Å². The first-order valence-electron chi connectivity index (χ1n) is 9.19. The molecule has 0 spiro atoms. The molecule has 3 heteroatoms. The summed E-state index contributed by atoms with van der Waals surface area (Å²) in [6.07, 6.45) is 2.93. The highest BCUT2D eigenvalue weighted by atomic mass is 15.3. The number of piperazine rings is 1. The second kappa shape index (κ2) is 7.77. The lowest BCUT2D eigenvalue weighted by atomic mass is 10.1. The van der Waals surface area contributed by atoms with Crippen molar-refractivity contribution in [2.24, 2.45) is 0 Å². The molecule has 1 aliphatic rings. The van der Waals surface area contributed by atoms with Crippen LogP contribution in [0.1, 0.15) is 11.3 Å². The Morgan fingerprint density at radius 3 is 2.32 bits per heavy atom. The van der Waals surface area contributed by atoms with Crippen LogP contribution in [0.4, 0.5) is 0 Å². The third kappa shape index (κ3) is 4.25. The van der Waals surface area contributed by atoms with Crippen molar-refractivity contribution in [1.82, 2.24) is 14.8 Å². The smallest absolute Gasteiger partial charge is 0.0416 e. The first kappa shape index (κ1) is 16.2. The average Bonchev–Trinajstić information content (AvgIpc) is 2.68. The third-order valence-corrected chi connectivity index (χ3v) is 5.10. The molecule has 0 N–H and O–H groups in total. The maximum absolute atomic E-state index is 4.42. The van der Waals surface area contributed by atoms with Crippen molar-refractivity contribution in [3.8, 4) is 0 Å². The van der Waals surface area contributed by atoms with Gasteiger partial charge in [-0.3, -0.25) is 9.88 Å². The van der Waals surface area contributed by atoms with Gasteiger partial charge >= 0.3 is 0 Å². The quantitative estimate of drug-likeness (QED) is 0.712. The first-order valence-corrected chi connectivity index (χ1v) is 9.19. The summed E-state index contributed by atoms with van der Waals surface area (Å²) in [7, 11) is 0. The minimum absolute atomic E-state index is 1.05. The lowest BCUT2D eigenvalue weighted by molar-refractivity contribution is 0.128. The predicted octanol–water partition coefficient (Wildman–Crippen LogP) is 3.60. The van der Waals surface area contributed by atoms with Gasteiger partial charge in [0.1, 0.15) is 0 Å². The van der Waals surface area contributed by atoms with Gasteiger partial charge in [0, 0.05) is 57.6 Å². The largest absolute Gasteiger partial charge is 0.300 e. The van der Waals surface area contributed by atoms with E-state index in [1.165, 1.54) is 22.0 Å². The zero-order chi connectivity index (χ0) is 16.9. The Morgan fingerprint density at radius 2 is 1.52 bits per heavy atom. The van der Waals surface area contributed by atoms with Crippen LogP contribution in [0, 0.1) is 0 Å². The third-order valence-electron chi connectivity index (χ3n) is 5.10. The number of nitrogens with zero attached hydrogens (tertiary/aromatic N) is 3. The minimum atomic E-state index is 1.05. The maximum Gasteiger partial charge on any atom is 0.0416 e. The highest BCUT2D eigenvalue weighted by Crippen LogP contribution is 2.17. The molecule has 1 aliphatic heterocycles. The molecule has 4 rings (SSSR count). The van der Waals surface area contributed by atoms with E-state index in [1.807, 2.05) is 12.3 Å². The number of pyridine rings is 1. The van der Waals surface area contributed by atoms with E-state index in [0.717, 1.165) is 45.7 Å². The lowest BCUT2D eigenvalue weighted by Crippen LogP contribution is -2.46. The molecule has 0 bridgehead atoms. The van der Waals surface area contributed by atoms with Gasteiger partial charge in [-0.15, -0.1) is 0 Å². The molecule has 0 amide bonds. The zero-order valence-electron chi connectivity index (χ0n) is 14.6. The predicted molar refractivity (Wildman–Crippen MR) is 104 cm³/mol. The summed E-state index contributed by atoms with van der Waals surface area (Å²) in [5.74, 6) is 0. The molecule has 1 saturated heterocycles. The minimum Gasteiger partial charge on any atom is -0.300 e. The van der Waals surface area contributed by atoms with Gasteiger partial charge in [0.25, 0.3) is 0 Å². The molecule has 0 unspecified atom stereocenters. The molecule has 0 atom stereocenters. The summed E-state index contributed by atoms with van der Waals surface area (Å²) in [5.41, 5.74) is 2.61. The summed E-state index contributed by atoms with van der Waals surface area (Å²) in [6, 6.07) is 21.6. The fourth-order valence-corrected chi connectivity index (χ4v) is 3.59. The van der Waals surface area contributed by atoms with E-state index in [0.29, 0.717) is 0 Å². The number of hydrogen-bond donors (Lipinski definition) is 0. The molecule has 2 aromatic carbocycles. The molecule has 2 heterocycles. The zero-order valence-corrected chi connectivity index (χ0v) is 14.6. The van der Waals surface area contributed by atoms with Crippen molar-refractivity contribution in [3.05, 3.63) is 78.1 Å². The Bertz CT molecular complexity index is 808. The molecule has 128 valence electrons. The van der Waals surface area contributed by atoms with Gasteiger partial charge in [-0.25, -0.2) is 0 Å². The maximum atomic E-state index is 4.42. The second-order valence-electron chi connectivity index (χ2n) is 6.87. The van der Waals surface area contributed by atoms with E-state index in [4.69, 9.17) is 0 Å². The highest BCUT2D eigenvalue weighted by Gasteiger charge is 2.16. The fourth-order valence-electron chi connectivity index (χ4n) is 3.59. The highest BCUT2D eigenvalue weighted by molar-refractivity contribution is 5.82. The van der Waals surface area contributed by atoms with E-state index in [-0.39, 0.29) is 0 Å². The standard InChI is InChI=1S/C22H25N3/c1-2-6-21-17-19(8-9-20(21)5-1)18-25-15-13-24(14-16-25)12-10-22-7-3-4-11-23-22/h1-9,11,17H,10,12-16,18H2. The van der Waals surface area contributed by atoms with Gasteiger partial charge < -0.3 is 4.90 Å². The second-order valence-corrected chi connectivity index (χ2v) is 6.87. The van der Waals surface area contributed by atoms with E-state index in [9.17, 15) is 0 Å². The SMILES string of the molecule is c1ccc(CCN2CCN(Cc3ccc4ccccc4c3)CC2)nc1. The summed E-state index contributed by atoms with van der Waals surface area (Å²) < 4.78 is 0. The molecule has 3 nitrogen and oxygen atoms in total. The molecule has 3 aromatic rings. The summed E-state index contributed by atoms with van der Waals surface area (Å²) in [5, 5.41) is 2.67. The topological polar surface area (TPSA) is 19.4 Å². The molecule has 1 aromatic heterocycles. The fraction of sp³-hybridized carbons (Fsp3) is 0.318. The average molecular weight is 331 g/mol. The molecule has 1 fully saturated rings. The van der Waals surface area contributed by atoms with E-state index in [2.05, 4.69) is 69.4 Å². The monoisotopic (exact) mass is 331 g/mol. The van der Waals surface area contributed by atoms with Gasteiger partial charge in [-0.05, 0) is 34.5 Å². The van der Waals surface area contributed by atoms with Crippen LogP contribution in [0.5, 0.6) is 0 Å². The van der Waals surface area contributed by atoms with E-state index >= 15 is 0 Å². The van der Waals surface area contributed by atoms with Crippen LogP contribution in [0.25, 0.3) is 10.8 Å². The summed E-state index contributed by atoms with van der Waals surface area (Å²) >= 11 is 0. The van der Waals surface area contributed by atoms with Crippen molar-refractivity contribution in [1.29, 1.82) is 0 Å². The van der Waals surface area contributed by atoms with Gasteiger partial charge in [0.2, 0.25) is 0 Å². The summed E-state index contributed by atoms with van der Waals surface area (Å²) in [4.78, 5) is 9.55. The van der Waals surface area contributed by atoms with Gasteiger partial charge in [0.05, 0.1) is 0 Å². The lowest BCUT2D eigenvalue weighted by Gasteiger charge is -2.34. The van der Waals surface area contributed by atoms with E-state index in [1.54, 1.807) is 0 Å². The van der Waals surface area contributed by atoms with Crippen molar-refractivity contribution < 1.29 is 0 Å². The normalized spacial score (nSPS) is 16.3. The molecule has 0 saturated carbocycles. The Hall–Kier alpha value is -2.23. The number of hydrogen-bond acceptors (Lipinski definition) is 3. The molecule has 0 aliphatic carbocycles. The van der Waals surface area contributed by atoms with Crippen molar-refractivity contribution in [2.75, 3.05) is 32.7 Å². The van der Waals surface area contributed by atoms with Crippen LogP contribution in [-0.2, 0) is 13.0 Å². The molecule has 25 heavy (non-hydrogen) atoms. The van der Waals surface area contributed by atoms with Gasteiger partial charge in [0.15, 0.2) is 0 Å². The van der Waals surface area contributed by atoms with Crippen LogP contribution < -0.4 is 0 Å². The molecule has 0 radical (unpaired) electrons. The number of fused-ring (bicyclic) bond motifs is 1. The van der Waals surface area contributed by atoms with Gasteiger partial charge in [-0.2, -0.15) is 0 Å². The Balaban J connectivity index is 1.28. The first-order chi connectivity index (χ1) is 12.4. The van der Waals surface area contributed by atoms with E-state index < -0.39 is 0 Å². The van der Waals surface area contributed by atoms with Crippen LogP contribution in [0.2, 0.25) is 0 Å². The van der Waals surface area contributed by atoms with Crippen molar-refractivity contribution in [3.63, 3.8) is 0 Å². The number of aromatic nitrogens is 1. The Morgan fingerprint density at radius 1 is 0.760 bits per heavy atom. The van der Waals surface area contributed by atoms with Crippen LogP contribution in [-0.4, -0.2) is 47.5 Å². The van der Waals surface area contributed by atoms with Crippen LogP contribution in [0.15, 0.2) is 66.9 Å². The number of benzene rings is 2. The number of rotatable bonds is 5. The molecular formula is C22H25N3. The summed E-state index contributed by atoms with van der Waals surface area (Å²) in [6.45, 7) is 6.77. The molecular weight excluding hydrogens is 306 g/mol.